The molecule has 94 valence electrons. The summed E-state index contributed by atoms with van der Waals surface area (Å²) in [5.41, 5.74) is 1.64. The minimum absolute atomic E-state index is 0.0477. The first kappa shape index (κ1) is 12.9. The third-order valence-electron chi connectivity index (χ3n) is 2.79. The number of carbonyl (C=O) groups is 1. The molecule has 1 heterocycles. The molecule has 1 aliphatic rings. The van der Waals surface area contributed by atoms with Gasteiger partial charge in [0, 0.05) is 24.6 Å². The van der Waals surface area contributed by atoms with Gasteiger partial charge in [0.15, 0.2) is 0 Å². The van der Waals surface area contributed by atoms with E-state index in [1.165, 1.54) is 0 Å². The fourth-order valence-corrected chi connectivity index (χ4v) is 2.68. The predicted octanol–water partition coefficient (Wildman–Crippen LogP) is 0.879. The van der Waals surface area contributed by atoms with Crippen LogP contribution < -0.4 is 10.6 Å². The lowest BCUT2D eigenvalue weighted by atomic mass is 10.1. The number of nitrogens with one attached hydrogen (secondary N) is 2. The van der Waals surface area contributed by atoms with Gasteiger partial charge in [0.05, 0.1) is 17.7 Å². The molecule has 5 heteroatoms. The van der Waals surface area contributed by atoms with E-state index in [4.69, 9.17) is 5.26 Å². The van der Waals surface area contributed by atoms with Crippen molar-refractivity contribution in [2.75, 3.05) is 18.1 Å². The minimum atomic E-state index is -0.0814. The van der Waals surface area contributed by atoms with E-state index in [1.807, 2.05) is 12.1 Å². The van der Waals surface area contributed by atoms with Gasteiger partial charge >= 0.3 is 0 Å². The molecule has 1 atom stereocenters. The SMILES string of the molecule is N#Cc1ccc(CNC(=O)C2CSCCN2)cc1. The first-order valence-corrected chi connectivity index (χ1v) is 7.03. The second-order valence-electron chi connectivity index (χ2n) is 4.11. The molecule has 2 rings (SSSR count). The summed E-state index contributed by atoms with van der Waals surface area (Å²) in [6, 6.07) is 9.24. The van der Waals surface area contributed by atoms with E-state index in [1.54, 1.807) is 23.9 Å². The summed E-state index contributed by atoms with van der Waals surface area (Å²) in [6.45, 7) is 1.40. The van der Waals surface area contributed by atoms with E-state index in [2.05, 4.69) is 16.7 Å². The maximum absolute atomic E-state index is 11.9. The molecule has 1 amide bonds. The summed E-state index contributed by atoms with van der Waals surface area (Å²) >= 11 is 1.80. The quantitative estimate of drug-likeness (QED) is 0.848. The summed E-state index contributed by atoms with van der Waals surface area (Å²) in [7, 11) is 0. The van der Waals surface area contributed by atoms with E-state index >= 15 is 0 Å². The van der Waals surface area contributed by atoms with Gasteiger partial charge in [-0.1, -0.05) is 12.1 Å². The first-order valence-electron chi connectivity index (χ1n) is 5.87. The number of nitriles is 1. The Morgan fingerprint density at radius 1 is 1.50 bits per heavy atom. The highest BCUT2D eigenvalue weighted by molar-refractivity contribution is 7.99. The van der Waals surface area contributed by atoms with E-state index in [9.17, 15) is 4.79 Å². The molecular formula is C13H15N3OS. The minimum Gasteiger partial charge on any atom is -0.351 e. The molecule has 0 aromatic heterocycles. The monoisotopic (exact) mass is 261 g/mol. The number of benzene rings is 1. The molecule has 1 saturated heterocycles. The van der Waals surface area contributed by atoms with Gasteiger partial charge in [-0.05, 0) is 17.7 Å². The summed E-state index contributed by atoms with van der Waals surface area (Å²) < 4.78 is 0. The number of amides is 1. The largest absolute Gasteiger partial charge is 0.351 e. The zero-order valence-corrected chi connectivity index (χ0v) is 10.8. The molecule has 1 aliphatic heterocycles. The van der Waals surface area contributed by atoms with Gasteiger partial charge in [0.25, 0.3) is 0 Å². The van der Waals surface area contributed by atoms with Crippen LogP contribution in [0, 0.1) is 11.3 Å². The van der Waals surface area contributed by atoms with Crippen LogP contribution in [0.25, 0.3) is 0 Å². The highest BCUT2D eigenvalue weighted by Gasteiger charge is 2.20. The molecule has 2 N–H and O–H groups in total. The topological polar surface area (TPSA) is 64.9 Å². The summed E-state index contributed by atoms with van der Waals surface area (Å²) in [5.74, 6) is 1.95. The van der Waals surface area contributed by atoms with Crippen LogP contribution >= 0.6 is 11.8 Å². The fraction of sp³-hybridized carbons (Fsp3) is 0.385. The van der Waals surface area contributed by atoms with Crippen molar-refractivity contribution >= 4 is 17.7 Å². The van der Waals surface area contributed by atoms with Crippen molar-refractivity contribution < 1.29 is 4.79 Å². The molecular weight excluding hydrogens is 246 g/mol. The van der Waals surface area contributed by atoms with Crippen LogP contribution in [0.2, 0.25) is 0 Å². The summed E-state index contributed by atoms with van der Waals surface area (Å²) in [5, 5.41) is 14.8. The van der Waals surface area contributed by atoms with Crippen molar-refractivity contribution in [2.24, 2.45) is 0 Å². The number of carbonyl (C=O) groups excluding carboxylic acids is 1. The van der Waals surface area contributed by atoms with Crippen LogP contribution in [0.5, 0.6) is 0 Å². The van der Waals surface area contributed by atoms with E-state index < -0.39 is 0 Å². The molecule has 0 bridgehead atoms. The van der Waals surface area contributed by atoms with Crippen LogP contribution in [-0.4, -0.2) is 30.0 Å². The maximum Gasteiger partial charge on any atom is 0.238 e. The van der Waals surface area contributed by atoms with Crippen LogP contribution in [0.15, 0.2) is 24.3 Å². The van der Waals surface area contributed by atoms with Crippen molar-refractivity contribution in [1.82, 2.24) is 10.6 Å². The van der Waals surface area contributed by atoms with Gasteiger partial charge in [-0.25, -0.2) is 0 Å². The Balaban J connectivity index is 1.83. The Morgan fingerprint density at radius 2 is 2.28 bits per heavy atom. The van der Waals surface area contributed by atoms with Gasteiger partial charge < -0.3 is 10.6 Å². The Morgan fingerprint density at radius 3 is 2.89 bits per heavy atom. The highest BCUT2D eigenvalue weighted by atomic mass is 32.2. The van der Waals surface area contributed by atoms with Gasteiger partial charge in [0.1, 0.15) is 0 Å². The highest BCUT2D eigenvalue weighted by Crippen LogP contribution is 2.08. The summed E-state index contributed by atoms with van der Waals surface area (Å²) in [6.07, 6.45) is 0. The van der Waals surface area contributed by atoms with Crippen LogP contribution in [0.4, 0.5) is 0 Å². The fourth-order valence-electron chi connectivity index (χ4n) is 1.74. The van der Waals surface area contributed by atoms with Gasteiger partial charge in [-0.15, -0.1) is 0 Å². The third kappa shape index (κ3) is 3.49. The maximum atomic E-state index is 11.9. The first-order chi connectivity index (χ1) is 8.79. The average molecular weight is 261 g/mol. The lowest BCUT2D eigenvalue weighted by Crippen LogP contribution is -2.48. The Kier molecular flexibility index (Phi) is 4.62. The van der Waals surface area contributed by atoms with Crippen LogP contribution in [0.1, 0.15) is 11.1 Å². The van der Waals surface area contributed by atoms with Crippen molar-refractivity contribution in [1.29, 1.82) is 5.26 Å². The van der Waals surface area contributed by atoms with E-state index in [0.717, 1.165) is 23.6 Å². The Labute approximate surface area is 111 Å². The third-order valence-corrected chi connectivity index (χ3v) is 3.85. The molecule has 1 unspecified atom stereocenters. The van der Waals surface area contributed by atoms with E-state index in [0.29, 0.717) is 12.1 Å². The second-order valence-corrected chi connectivity index (χ2v) is 5.26. The molecule has 1 aromatic rings. The van der Waals surface area contributed by atoms with Crippen molar-refractivity contribution in [3.8, 4) is 6.07 Å². The lowest BCUT2D eigenvalue weighted by Gasteiger charge is -2.22. The van der Waals surface area contributed by atoms with Crippen molar-refractivity contribution in [3.05, 3.63) is 35.4 Å². The number of nitrogens with zero attached hydrogens (tertiary/aromatic N) is 1. The van der Waals surface area contributed by atoms with E-state index in [-0.39, 0.29) is 11.9 Å². The van der Waals surface area contributed by atoms with Crippen molar-refractivity contribution in [2.45, 2.75) is 12.6 Å². The lowest BCUT2D eigenvalue weighted by molar-refractivity contribution is -0.122. The number of thioether (sulfide) groups is 1. The molecule has 0 spiro atoms. The standard InChI is InChI=1S/C13H15N3OS/c14-7-10-1-3-11(4-2-10)8-16-13(17)12-9-18-6-5-15-12/h1-4,12,15H,5-6,8-9H2,(H,16,17). The molecule has 4 nitrogen and oxygen atoms in total. The average Bonchev–Trinajstić information content (AvgIpc) is 2.46. The van der Waals surface area contributed by atoms with Gasteiger partial charge in [0.2, 0.25) is 5.91 Å². The second kappa shape index (κ2) is 6.43. The number of rotatable bonds is 3. The zero-order valence-electron chi connectivity index (χ0n) is 9.98. The smallest absolute Gasteiger partial charge is 0.238 e. The zero-order chi connectivity index (χ0) is 12.8. The van der Waals surface area contributed by atoms with Gasteiger partial charge in [-0.2, -0.15) is 17.0 Å². The Bertz CT molecular complexity index is 446. The predicted molar refractivity (Wildman–Crippen MR) is 72.1 cm³/mol. The molecule has 0 saturated carbocycles. The number of hydrogen-bond donors (Lipinski definition) is 2. The Hall–Kier alpha value is -1.51. The van der Waals surface area contributed by atoms with Gasteiger partial charge in [-0.3, -0.25) is 4.79 Å². The van der Waals surface area contributed by atoms with Crippen molar-refractivity contribution in [3.63, 3.8) is 0 Å². The molecule has 1 fully saturated rings. The number of hydrogen-bond acceptors (Lipinski definition) is 4. The normalized spacial score (nSPS) is 18.9. The van der Waals surface area contributed by atoms with Crippen LogP contribution in [0.3, 0.4) is 0 Å². The molecule has 18 heavy (non-hydrogen) atoms. The molecule has 0 aliphatic carbocycles. The molecule has 0 radical (unpaired) electrons. The van der Waals surface area contributed by atoms with Crippen LogP contribution in [-0.2, 0) is 11.3 Å². The molecule has 1 aromatic carbocycles. The summed E-state index contributed by atoms with van der Waals surface area (Å²) in [4.78, 5) is 11.9.